The summed E-state index contributed by atoms with van der Waals surface area (Å²) in [5.74, 6) is 1.64. The molecule has 0 aliphatic carbocycles. The fraction of sp³-hybridized carbons (Fsp3) is 0.714. The Balaban J connectivity index is 2.49. The molecule has 0 aromatic carbocycles. The van der Waals surface area contributed by atoms with Crippen LogP contribution in [0.2, 0.25) is 0 Å². The summed E-state index contributed by atoms with van der Waals surface area (Å²) < 4.78 is 10.4. The first-order valence-corrected chi connectivity index (χ1v) is 6.61. The second-order valence-corrected chi connectivity index (χ2v) is 6.11. The lowest BCUT2D eigenvalue weighted by Crippen LogP contribution is -2.32. The van der Waals surface area contributed by atoms with Crippen molar-refractivity contribution in [1.29, 1.82) is 0 Å². The summed E-state index contributed by atoms with van der Waals surface area (Å²) in [6.07, 6.45) is -0.450. The quantitative estimate of drug-likeness (QED) is 0.908. The van der Waals surface area contributed by atoms with Crippen LogP contribution in [0.3, 0.4) is 0 Å². The first-order valence-electron chi connectivity index (χ1n) is 6.61. The third-order valence-corrected chi connectivity index (χ3v) is 2.84. The summed E-state index contributed by atoms with van der Waals surface area (Å²) in [7, 11) is 0. The highest BCUT2D eigenvalue weighted by molar-refractivity contribution is 5.67. The third-order valence-electron chi connectivity index (χ3n) is 2.84. The van der Waals surface area contributed by atoms with Gasteiger partial charge in [-0.1, -0.05) is 25.9 Å². The first kappa shape index (κ1) is 15.5. The van der Waals surface area contributed by atoms with Crippen LogP contribution in [0.4, 0.5) is 4.79 Å². The monoisotopic (exact) mass is 268 g/mol. The highest BCUT2D eigenvalue weighted by Gasteiger charge is 2.18. The van der Waals surface area contributed by atoms with Crippen LogP contribution >= 0.6 is 0 Å². The molecule has 0 saturated carbocycles. The molecule has 1 heterocycles. The lowest BCUT2D eigenvalue weighted by molar-refractivity contribution is 0.0522. The van der Waals surface area contributed by atoms with Gasteiger partial charge in [0.15, 0.2) is 0 Å². The van der Waals surface area contributed by atoms with Gasteiger partial charge in [-0.2, -0.15) is 0 Å². The molecule has 0 aliphatic rings. The van der Waals surface area contributed by atoms with E-state index in [-0.39, 0.29) is 0 Å². The first-order chi connectivity index (χ1) is 8.69. The highest BCUT2D eigenvalue weighted by atomic mass is 16.6. The number of nitrogens with zero attached hydrogens (tertiary/aromatic N) is 1. The van der Waals surface area contributed by atoms with Gasteiger partial charge < -0.3 is 14.6 Å². The Bertz CT molecular complexity index is 419. The van der Waals surface area contributed by atoms with Gasteiger partial charge in [-0.25, -0.2) is 4.79 Å². The SMILES string of the molecule is CC(C)C(C)c1cc(CNC(=O)OC(C)(C)C)no1. The topological polar surface area (TPSA) is 64.4 Å². The minimum absolute atomic E-state index is 0.308. The van der Waals surface area contributed by atoms with Crippen molar-refractivity contribution in [3.8, 4) is 0 Å². The smallest absolute Gasteiger partial charge is 0.407 e. The number of aromatic nitrogens is 1. The van der Waals surface area contributed by atoms with Crippen molar-refractivity contribution in [2.24, 2.45) is 5.92 Å². The Kier molecular flexibility index (Phi) is 4.97. The number of carbonyl (C=O) groups excluding carboxylic acids is 1. The zero-order valence-electron chi connectivity index (χ0n) is 12.6. The molecule has 19 heavy (non-hydrogen) atoms. The van der Waals surface area contributed by atoms with E-state index in [0.717, 1.165) is 5.76 Å². The molecular weight excluding hydrogens is 244 g/mol. The number of carbonyl (C=O) groups is 1. The Morgan fingerprint density at radius 3 is 2.58 bits per heavy atom. The molecule has 108 valence electrons. The predicted molar refractivity (Wildman–Crippen MR) is 72.8 cm³/mol. The molecule has 0 bridgehead atoms. The molecule has 1 atom stereocenters. The Labute approximate surface area is 114 Å². The van der Waals surface area contributed by atoms with Crippen LogP contribution in [0.5, 0.6) is 0 Å². The van der Waals surface area contributed by atoms with Crippen LogP contribution in [-0.2, 0) is 11.3 Å². The molecule has 0 saturated heterocycles. The van der Waals surface area contributed by atoms with Crippen molar-refractivity contribution in [3.05, 3.63) is 17.5 Å². The van der Waals surface area contributed by atoms with Crippen molar-refractivity contribution in [2.45, 2.75) is 59.6 Å². The van der Waals surface area contributed by atoms with E-state index in [0.29, 0.717) is 24.1 Å². The fourth-order valence-electron chi connectivity index (χ4n) is 1.43. The lowest BCUT2D eigenvalue weighted by atomic mass is 9.95. The van der Waals surface area contributed by atoms with E-state index >= 15 is 0 Å². The third kappa shape index (κ3) is 5.32. The van der Waals surface area contributed by atoms with Gasteiger partial charge in [0.2, 0.25) is 0 Å². The van der Waals surface area contributed by atoms with Crippen molar-refractivity contribution in [3.63, 3.8) is 0 Å². The van der Waals surface area contributed by atoms with E-state index < -0.39 is 11.7 Å². The number of rotatable bonds is 4. The van der Waals surface area contributed by atoms with E-state index in [9.17, 15) is 4.79 Å². The minimum atomic E-state index is -0.495. The van der Waals surface area contributed by atoms with Gasteiger partial charge in [-0.05, 0) is 26.7 Å². The maximum atomic E-state index is 11.5. The molecule has 5 nitrogen and oxygen atoms in total. The van der Waals surface area contributed by atoms with Gasteiger partial charge in [0.1, 0.15) is 17.1 Å². The van der Waals surface area contributed by atoms with E-state index in [4.69, 9.17) is 9.26 Å². The Morgan fingerprint density at radius 1 is 1.42 bits per heavy atom. The Morgan fingerprint density at radius 2 is 2.05 bits per heavy atom. The predicted octanol–water partition coefficient (Wildman–Crippen LogP) is 3.46. The normalized spacial score (nSPS) is 13.4. The molecule has 1 amide bonds. The van der Waals surface area contributed by atoms with E-state index in [2.05, 4.69) is 31.2 Å². The average molecular weight is 268 g/mol. The van der Waals surface area contributed by atoms with Crippen LogP contribution < -0.4 is 5.32 Å². The molecular formula is C14H24N2O3. The maximum Gasteiger partial charge on any atom is 0.407 e. The second kappa shape index (κ2) is 6.08. The van der Waals surface area contributed by atoms with Crippen molar-refractivity contribution >= 4 is 6.09 Å². The molecule has 1 aromatic heterocycles. The van der Waals surface area contributed by atoms with Crippen LogP contribution in [0.25, 0.3) is 0 Å². The number of nitrogens with one attached hydrogen (secondary N) is 1. The molecule has 0 aliphatic heterocycles. The summed E-state index contributed by atoms with van der Waals surface area (Å²) in [4.78, 5) is 11.5. The van der Waals surface area contributed by atoms with E-state index in [1.54, 1.807) is 0 Å². The number of hydrogen-bond acceptors (Lipinski definition) is 4. The summed E-state index contributed by atoms with van der Waals surface area (Å²) in [5.41, 5.74) is 0.207. The summed E-state index contributed by atoms with van der Waals surface area (Å²) in [6.45, 7) is 12.1. The Hall–Kier alpha value is -1.52. The second-order valence-electron chi connectivity index (χ2n) is 6.11. The molecule has 0 spiro atoms. The van der Waals surface area contributed by atoms with Crippen molar-refractivity contribution < 1.29 is 14.1 Å². The van der Waals surface area contributed by atoms with Crippen LogP contribution in [0.15, 0.2) is 10.6 Å². The summed E-state index contributed by atoms with van der Waals surface area (Å²) >= 11 is 0. The number of hydrogen-bond donors (Lipinski definition) is 1. The van der Waals surface area contributed by atoms with Crippen LogP contribution in [0.1, 0.15) is 58.9 Å². The van der Waals surface area contributed by atoms with E-state index in [1.165, 1.54) is 0 Å². The number of ether oxygens (including phenoxy) is 1. The van der Waals surface area contributed by atoms with Crippen molar-refractivity contribution in [2.75, 3.05) is 0 Å². The van der Waals surface area contributed by atoms with Crippen LogP contribution in [0, 0.1) is 5.92 Å². The molecule has 1 unspecified atom stereocenters. The van der Waals surface area contributed by atoms with Gasteiger partial charge in [0.25, 0.3) is 0 Å². The molecule has 0 fully saturated rings. The highest BCUT2D eigenvalue weighted by Crippen LogP contribution is 2.23. The zero-order valence-corrected chi connectivity index (χ0v) is 12.6. The average Bonchev–Trinajstić information content (AvgIpc) is 2.71. The standard InChI is InChI=1S/C14H24N2O3/c1-9(2)10(3)12-7-11(16-19-12)8-15-13(17)18-14(4,5)6/h7,9-10H,8H2,1-6H3,(H,15,17). The molecule has 0 radical (unpaired) electrons. The molecule has 5 heteroatoms. The van der Waals surface area contributed by atoms with Gasteiger partial charge in [0.05, 0.1) is 6.54 Å². The number of amides is 1. The zero-order chi connectivity index (χ0) is 14.6. The maximum absolute atomic E-state index is 11.5. The molecule has 1 aromatic rings. The number of alkyl carbamates (subject to hydrolysis) is 1. The molecule has 1 N–H and O–H groups in total. The summed E-state index contributed by atoms with van der Waals surface area (Å²) in [5, 5.41) is 6.60. The fourth-order valence-corrected chi connectivity index (χ4v) is 1.43. The van der Waals surface area contributed by atoms with Crippen LogP contribution in [-0.4, -0.2) is 16.9 Å². The van der Waals surface area contributed by atoms with Gasteiger partial charge in [0, 0.05) is 12.0 Å². The minimum Gasteiger partial charge on any atom is -0.444 e. The molecule has 1 rings (SSSR count). The van der Waals surface area contributed by atoms with Gasteiger partial charge >= 0.3 is 6.09 Å². The lowest BCUT2D eigenvalue weighted by Gasteiger charge is -2.19. The summed E-state index contributed by atoms with van der Waals surface area (Å²) in [6, 6.07) is 1.88. The van der Waals surface area contributed by atoms with Crippen molar-refractivity contribution in [1.82, 2.24) is 10.5 Å². The van der Waals surface area contributed by atoms with Gasteiger partial charge in [-0.15, -0.1) is 0 Å². The largest absolute Gasteiger partial charge is 0.444 e. The van der Waals surface area contributed by atoms with E-state index in [1.807, 2.05) is 26.8 Å². The van der Waals surface area contributed by atoms with Gasteiger partial charge in [-0.3, -0.25) is 0 Å².